The second-order valence-corrected chi connectivity index (χ2v) is 5.79. The van der Waals surface area contributed by atoms with E-state index in [1.807, 2.05) is 39.8 Å². The third-order valence-corrected chi connectivity index (χ3v) is 3.48. The molecule has 0 fully saturated rings. The minimum Gasteiger partial charge on any atom is -0.386 e. The number of nitrogens with two attached hydrogens (primary N) is 2. The van der Waals surface area contributed by atoms with E-state index >= 15 is 0 Å². The molecule has 0 radical (unpaired) electrons. The first-order valence-corrected chi connectivity index (χ1v) is 7.71. The maximum atomic E-state index is 5.66. The number of aromatic nitrogens is 2. The zero-order valence-corrected chi connectivity index (χ0v) is 14.5. The van der Waals surface area contributed by atoms with Crippen LogP contribution < -0.4 is 22.3 Å². The molecule has 3 heterocycles. The fourth-order valence-corrected chi connectivity index (χ4v) is 2.50. The summed E-state index contributed by atoms with van der Waals surface area (Å²) in [6, 6.07) is 1.94. The van der Waals surface area contributed by atoms with Gasteiger partial charge in [-0.3, -0.25) is 5.84 Å². The molecular formula is C15H25N9. The fraction of sp³-hybridized carbons (Fsp3) is 0.467. The van der Waals surface area contributed by atoms with Gasteiger partial charge in [0.05, 0.1) is 0 Å². The van der Waals surface area contributed by atoms with Crippen LogP contribution in [0.2, 0.25) is 0 Å². The van der Waals surface area contributed by atoms with Crippen LogP contribution in [-0.2, 0) is 0 Å². The summed E-state index contributed by atoms with van der Waals surface area (Å²) >= 11 is 0. The quantitative estimate of drug-likeness (QED) is 0.446. The van der Waals surface area contributed by atoms with Gasteiger partial charge < -0.3 is 11.1 Å². The van der Waals surface area contributed by atoms with Crippen LogP contribution in [-0.4, -0.2) is 39.0 Å². The van der Waals surface area contributed by atoms with E-state index in [0.717, 1.165) is 29.2 Å². The molecule has 2 aliphatic heterocycles. The van der Waals surface area contributed by atoms with Crippen molar-refractivity contribution < 1.29 is 0 Å². The number of hydrazone groups is 1. The Bertz CT molecular complexity index is 662. The third-order valence-electron chi connectivity index (χ3n) is 3.48. The van der Waals surface area contributed by atoms with Crippen molar-refractivity contribution in [2.45, 2.75) is 40.0 Å². The molecule has 1 aromatic rings. The number of allylic oxidation sites excluding steroid dienone is 2. The van der Waals surface area contributed by atoms with Crippen molar-refractivity contribution in [2.24, 2.45) is 21.7 Å². The molecule has 3 rings (SSSR count). The zero-order chi connectivity index (χ0) is 17.7. The second kappa shape index (κ2) is 7.37. The van der Waals surface area contributed by atoms with Gasteiger partial charge in [0.2, 0.25) is 0 Å². The van der Waals surface area contributed by atoms with Crippen LogP contribution in [0, 0.1) is 13.8 Å². The van der Waals surface area contributed by atoms with Crippen LogP contribution in [0.1, 0.15) is 31.7 Å². The van der Waals surface area contributed by atoms with Gasteiger partial charge in [-0.1, -0.05) is 0 Å². The fourth-order valence-electron chi connectivity index (χ4n) is 2.50. The number of nitrogens with one attached hydrogen (secondary N) is 2. The third kappa shape index (κ3) is 4.27. The molecule has 0 aromatic carbocycles. The van der Waals surface area contributed by atoms with Crippen LogP contribution in [0.25, 0.3) is 0 Å². The van der Waals surface area contributed by atoms with E-state index in [-0.39, 0.29) is 0 Å². The number of hydrazine groups is 1. The summed E-state index contributed by atoms with van der Waals surface area (Å²) in [4.78, 5) is 12.3. The van der Waals surface area contributed by atoms with Crippen molar-refractivity contribution in [1.82, 2.24) is 25.7 Å². The topological polar surface area (TPSA) is 130 Å². The van der Waals surface area contributed by atoms with Gasteiger partial charge in [0.1, 0.15) is 12.2 Å². The van der Waals surface area contributed by atoms with Crippen molar-refractivity contribution in [2.75, 3.05) is 6.54 Å². The lowest BCUT2D eigenvalue weighted by atomic mass is 10.2. The SMILES string of the molecule is CC1=CC(C)=NC(NN)(N2CCC(N)=N2)N1.Cc1cc(C)ncn1. The average molecular weight is 331 g/mol. The Kier molecular flexibility index (Phi) is 5.47. The molecule has 1 atom stereocenters. The Balaban J connectivity index is 0.000000219. The molecule has 0 aliphatic carbocycles. The summed E-state index contributed by atoms with van der Waals surface area (Å²) in [6.07, 6.45) is 4.24. The highest BCUT2D eigenvalue weighted by Crippen LogP contribution is 2.20. The van der Waals surface area contributed by atoms with Gasteiger partial charge >= 0.3 is 0 Å². The van der Waals surface area contributed by atoms with Gasteiger partial charge in [-0.2, -0.15) is 10.5 Å². The van der Waals surface area contributed by atoms with E-state index in [2.05, 4.69) is 30.8 Å². The molecule has 0 amide bonds. The molecule has 0 bridgehead atoms. The predicted molar refractivity (Wildman–Crippen MR) is 94.5 cm³/mol. The van der Waals surface area contributed by atoms with Crippen LogP contribution >= 0.6 is 0 Å². The van der Waals surface area contributed by atoms with Crippen molar-refractivity contribution in [3.63, 3.8) is 0 Å². The van der Waals surface area contributed by atoms with Gasteiger partial charge in [-0.15, -0.1) is 0 Å². The van der Waals surface area contributed by atoms with Crippen LogP contribution in [0.3, 0.4) is 0 Å². The van der Waals surface area contributed by atoms with Crippen LogP contribution in [0.15, 0.2) is 34.3 Å². The minimum atomic E-state index is -0.913. The smallest absolute Gasteiger partial charge is 0.296 e. The number of nitrogens with zero attached hydrogens (tertiary/aromatic N) is 5. The Morgan fingerprint density at radius 2 is 1.88 bits per heavy atom. The molecule has 130 valence electrons. The van der Waals surface area contributed by atoms with Crippen molar-refractivity contribution in [3.8, 4) is 0 Å². The lowest BCUT2D eigenvalue weighted by Gasteiger charge is -2.39. The Morgan fingerprint density at radius 1 is 1.21 bits per heavy atom. The number of rotatable bonds is 2. The average Bonchev–Trinajstić information content (AvgIpc) is 2.94. The first-order chi connectivity index (χ1) is 11.3. The molecule has 24 heavy (non-hydrogen) atoms. The first-order valence-electron chi connectivity index (χ1n) is 7.71. The lowest BCUT2D eigenvalue weighted by molar-refractivity contribution is 0.0501. The Labute approximate surface area is 141 Å². The maximum Gasteiger partial charge on any atom is 0.296 e. The number of hydrogen-bond donors (Lipinski definition) is 4. The summed E-state index contributed by atoms with van der Waals surface area (Å²) in [7, 11) is 0. The van der Waals surface area contributed by atoms with E-state index in [0.29, 0.717) is 12.4 Å². The van der Waals surface area contributed by atoms with Gasteiger partial charge in [-0.05, 0) is 39.8 Å². The molecule has 1 aromatic heterocycles. The lowest BCUT2D eigenvalue weighted by Crippen LogP contribution is -2.67. The monoisotopic (exact) mass is 331 g/mol. The summed E-state index contributed by atoms with van der Waals surface area (Å²) < 4.78 is 0. The highest BCUT2D eigenvalue weighted by Gasteiger charge is 2.39. The van der Waals surface area contributed by atoms with Gasteiger partial charge in [-0.25, -0.2) is 20.0 Å². The summed E-state index contributed by atoms with van der Waals surface area (Å²) in [5.41, 5.74) is 12.2. The van der Waals surface area contributed by atoms with E-state index < -0.39 is 5.91 Å². The summed E-state index contributed by atoms with van der Waals surface area (Å²) in [5, 5.41) is 9.11. The van der Waals surface area contributed by atoms with Gasteiger partial charge in [0.25, 0.3) is 5.91 Å². The van der Waals surface area contributed by atoms with Crippen molar-refractivity contribution in [3.05, 3.63) is 35.6 Å². The first kappa shape index (κ1) is 17.8. The van der Waals surface area contributed by atoms with E-state index in [4.69, 9.17) is 11.6 Å². The van der Waals surface area contributed by atoms with Gasteiger partial charge in [0, 0.05) is 35.8 Å². The van der Waals surface area contributed by atoms with Crippen LogP contribution in [0.5, 0.6) is 0 Å². The van der Waals surface area contributed by atoms with E-state index in [1.165, 1.54) is 0 Å². The molecule has 6 N–H and O–H groups in total. The predicted octanol–water partition coefficient (Wildman–Crippen LogP) is 0.100. The zero-order valence-electron chi connectivity index (χ0n) is 14.5. The largest absolute Gasteiger partial charge is 0.386 e. The molecule has 0 saturated heterocycles. The summed E-state index contributed by atoms with van der Waals surface area (Å²) in [5.74, 6) is 5.27. The Hall–Kier alpha value is -2.52. The highest BCUT2D eigenvalue weighted by molar-refractivity contribution is 5.94. The standard InChI is InChI=1S/C9H17N7.C6H8N2/c1-6-5-7(2)13-9(12-6,15-11)16-4-3-8(10)14-16;1-5-3-6(2)8-4-7-5/h5,12,15H,3-4,11H2,1-2H3,(H2,10,14);3-4H,1-2H3. The highest BCUT2D eigenvalue weighted by atomic mass is 15.7. The van der Waals surface area contributed by atoms with Gasteiger partial charge in [0.15, 0.2) is 0 Å². The molecule has 9 nitrogen and oxygen atoms in total. The minimum absolute atomic E-state index is 0.594. The van der Waals surface area contributed by atoms with Crippen molar-refractivity contribution >= 4 is 11.5 Å². The molecule has 2 aliphatic rings. The molecule has 9 heteroatoms. The molecule has 0 spiro atoms. The van der Waals surface area contributed by atoms with Crippen LogP contribution in [0.4, 0.5) is 0 Å². The van der Waals surface area contributed by atoms with E-state index in [1.54, 1.807) is 11.3 Å². The van der Waals surface area contributed by atoms with E-state index in [9.17, 15) is 0 Å². The normalized spacial score (nSPS) is 22.7. The Morgan fingerprint density at radius 3 is 2.29 bits per heavy atom. The second-order valence-electron chi connectivity index (χ2n) is 5.79. The molecule has 1 unspecified atom stereocenters. The number of aryl methyl sites for hydroxylation is 2. The maximum absolute atomic E-state index is 5.66. The number of hydrogen-bond acceptors (Lipinski definition) is 9. The number of aliphatic imine (C=N–C) groups is 1. The molecular weight excluding hydrogens is 306 g/mol. The molecule has 0 saturated carbocycles. The number of amidine groups is 1. The van der Waals surface area contributed by atoms with Crippen molar-refractivity contribution in [1.29, 1.82) is 0 Å². The summed E-state index contributed by atoms with van der Waals surface area (Å²) in [6.45, 7) is 8.46.